The van der Waals surface area contributed by atoms with Crippen molar-refractivity contribution < 1.29 is 14.7 Å². The molecule has 0 aliphatic rings. The number of carboxylic acids is 1. The van der Waals surface area contributed by atoms with E-state index >= 15 is 0 Å². The average molecular weight is 217 g/mol. The lowest BCUT2D eigenvalue weighted by Crippen LogP contribution is -2.11. The fourth-order valence-electron chi connectivity index (χ4n) is 1.90. The van der Waals surface area contributed by atoms with Crippen LogP contribution in [0.1, 0.15) is 21.5 Å². The van der Waals surface area contributed by atoms with E-state index < -0.39 is 11.8 Å². The third kappa shape index (κ3) is 1.48. The van der Waals surface area contributed by atoms with E-state index in [-0.39, 0.29) is 5.56 Å². The molecule has 0 amide bonds. The number of H-pyrrole nitrogens is 1. The molecule has 2 aromatic rings. The van der Waals surface area contributed by atoms with E-state index in [9.17, 15) is 9.59 Å². The number of aromatic amines is 1. The number of aliphatic carboxylic acids is 1. The molecule has 4 nitrogen and oxygen atoms in total. The molecule has 82 valence electrons. The SMILES string of the molecule is Cc1cc(C)c2[nH]cc(C(=O)C(=O)O)c2c1. The topological polar surface area (TPSA) is 70.2 Å². The average Bonchev–Trinajstić information content (AvgIpc) is 2.60. The third-order valence-electron chi connectivity index (χ3n) is 2.57. The molecule has 0 aliphatic heterocycles. The fourth-order valence-corrected chi connectivity index (χ4v) is 1.90. The van der Waals surface area contributed by atoms with Gasteiger partial charge in [0.15, 0.2) is 0 Å². The van der Waals surface area contributed by atoms with E-state index in [0.29, 0.717) is 5.39 Å². The number of carbonyl (C=O) groups is 2. The summed E-state index contributed by atoms with van der Waals surface area (Å²) >= 11 is 0. The maximum absolute atomic E-state index is 11.4. The predicted octanol–water partition coefficient (Wildman–Crippen LogP) is 2.05. The second-order valence-electron chi connectivity index (χ2n) is 3.84. The number of nitrogens with one attached hydrogen (secondary N) is 1. The second kappa shape index (κ2) is 3.48. The lowest BCUT2D eigenvalue weighted by atomic mass is 10.0. The summed E-state index contributed by atoms with van der Waals surface area (Å²) in [7, 11) is 0. The molecular weight excluding hydrogens is 206 g/mol. The maximum atomic E-state index is 11.4. The number of ketones is 1. The molecule has 16 heavy (non-hydrogen) atoms. The highest BCUT2D eigenvalue weighted by atomic mass is 16.4. The van der Waals surface area contributed by atoms with E-state index in [1.807, 2.05) is 26.0 Å². The van der Waals surface area contributed by atoms with Crippen LogP contribution in [0.3, 0.4) is 0 Å². The molecule has 0 saturated heterocycles. The summed E-state index contributed by atoms with van der Waals surface area (Å²) in [5.74, 6) is -2.31. The van der Waals surface area contributed by atoms with E-state index in [1.165, 1.54) is 6.20 Å². The Morgan fingerprint density at radius 2 is 1.94 bits per heavy atom. The van der Waals surface area contributed by atoms with Gasteiger partial charge in [0, 0.05) is 17.1 Å². The summed E-state index contributed by atoms with van der Waals surface area (Å²) in [5.41, 5.74) is 3.04. The second-order valence-corrected chi connectivity index (χ2v) is 3.84. The number of Topliss-reactive ketones (excluding diaryl/α,β-unsaturated/α-hetero) is 1. The highest BCUT2D eigenvalue weighted by Crippen LogP contribution is 2.23. The molecule has 0 aliphatic carbocycles. The molecule has 0 atom stereocenters. The van der Waals surface area contributed by atoms with E-state index in [1.54, 1.807) is 0 Å². The first kappa shape index (κ1) is 10.4. The minimum Gasteiger partial charge on any atom is -0.475 e. The number of benzene rings is 1. The van der Waals surface area contributed by atoms with Crippen LogP contribution >= 0.6 is 0 Å². The Labute approximate surface area is 91.9 Å². The van der Waals surface area contributed by atoms with E-state index in [2.05, 4.69) is 4.98 Å². The van der Waals surface area contributed by atoms with Crippen LogP contribution in [0, 0.1) is 13.8 Å². The highest BCUT2D eigenvalue weighted by Gasteiger charge is 2.19. The number of fused-ring (bicyclic) bond motifs is 1. The normalized spacial score (nSPS) is 10.6. The van der Waals surface area contributed by atoms with Gasteiger partial charge in [0.1, 0.15) is 0 Å². The summed E-state index contributed by atoms with van der Waals surface area (Å²) < 4.78 is 0. The van der Waals surface area contributed by atoms with Gasteiger partial charge in [0.2, 0.25) is 0 Å². The molecule has 4 heteroatoms. The van der Waals surface area contributed by atoms with Gasteiger partial charge >= 0.3 is 5.97 Å². The summed E-state index contributed by atoms with van der Waals surface area (Å²) in [5, 5.41) is 9.36. The van der Waals surface area contributed by atoms with E-state index in [0.717, 1.165) is 16.6 Å². The van der Waals surface area contributed by atoms with E-state index in [4.69, 9.17) is 5.11 Å². The number of hydrogen-bond donors (Lipinski definition) is 2. The number of hydrogen-bond acceptors (Lipinski definition) is 2. The van der Waals surface area contributed by atoms with Gasteiger partial charge in [-0.3, -0.25) is 4.79 Å². The molecule has 2 N–H and O–H groups in total. The summed E-state index contributed by atoms with van der Waals surface area (Å²) in [6.45, 7) is 3.83. The van der Waals surface area contributed by atoms with Gasteiger partial charge in [-0.15, -0.1) is 0 Å². The van der Waals surface area contributed by atoms with Crippen LogP contribution in [0.4, 0.5) is 0 Å². The monoisotopic (exact) mass is 217 g/mol. The van der Waals surface area contributed by atoms with Crippen LogP contribution in [0.15, 0.2) is 18.3 Å². The van der Waals surface area contributed by atoms with Gasteiger partial charge < -0.3 is 10.1 Å². The summed E-state index contributed by atoms with van der Waals surface area (Å²) in [6, 6.07) is 3.79. The Kier molecular flexibility index (Phi) is 2.27. The quantitative estimate of drug-likeness (QED) is 0.597. The lowest BCUT2D eigenvalue weighted by Gasteiger charge is -2.00. The maximum Gasteiger partial charge on any atom is 0.377 e. The van der Waals surface area contributed by atoms with Crippen molar-refractivity contribution in [2.75, 3.05) is 0 Å². The first-order chi connectivity index (χ1) is 7.50. The van der Waals surface area contributed by atoms with Gasteiger partial charge in [-0.05, 0) is 25.5 Å². The molecular formula is C12H11NO3. The zero-order chi connectivity index (χ0) is 11.9. The molecule has 1 heterocycles. The van der Waals surface area contributed by atoms with Crippen molar-refractivity contribution in [3.8, 4) is 0 Å². The molecule has 1 aromatic heterocycles. The molecule has 1 aromatic carbocycles. The zero-order valence-electron chi connectivity index (χ0n) is 9.00. The van der Waals surface area contributed by atoms with Crippen LogP contribution in [0.25, 0.3) is 10.9 Å². The predicted molar refractivity (Wildman–Crippen MR) is 59.7 cm³/mol. The van der Waals surface area contributed by atoms with Crippen molar-refractivity contribution in [2.45, 2.75) is 13.8 Å². The number of carbonyl (C=O) groups excluding carboxylic acids is 1. The Morgan fingerprint density at radius 1 is 1.25 bits per heavy atom. The fraction of sp³-hybridized carbons (Fsp3) is 0.167. The molecule has 0 spiro atoms. The van der Waals surface area contributed by atoms with Crippen LogP contribution < -0.4 is 0 Å². The number of aryl methyl sites for hydroxylation is 2. The number of carboxylic acid groups (broad SMARTS) is 1. The van der Waals surface area contributed by atoms with Crippen LogP contribution in [0.5, 0.6) is 0 Å². The Bertz CT molecular complexity index is 596. The minimum atomic E-state index is -1.43. The van der Waals surface area contributed by atoms with Gasteiger partial charge in [-0.1, -0.05) is 11.6 Å². The smallest absolute Gasteiger partial charge is 0.377 e. The van der Waals surface area contributed by atoms with Crippen LogP contribution in [-0.2, 0) is 4.79 Å². The summed E-state index contributed by atoms with van der Waals surface area (Å²) in [4.78, 5) is 25.0. The minimum absolute atomic E-state index is 0.217. The van der Waals surface area contributed by atoms with Crippen molar-refractivity contribution in [3.05, 3.63) is 35.0 Å². The largest absolute Gasteiger partial charge is 0.475 e. The molecule has 0 fully saturated rings. The Hall–Kier alpha value is -2.10. The van der Waals surface area contributed by atoms with Gasteiger partial charge in [-0.25, -0.2) is 4.79 Å². The Morgan fingerprint density at radius 3 is 2.56 bits per heavy atom. The van der Waals surface area contributed by atoms with Gasteiger partial charge in [0.05, 0.1) is 5.56 Å². The van der Waals surface area contributed by atoms with Crippen LogP contribution in [-0.4, -0.2) is 21.8 Å². The van der Waals surface area contributed by atoms with Crippen LogP contribution in [0.2, 0.25) is 0 Å². The van der Waals surface area contributed by atoms with Gasteiger partial charge in [-0.2, -0.15) is 0 Å². The zero-order valence-corrected chi connectivity index (χ0v) is 9.00. The first-order valence-corrected chi connectivity index (χ1v) is 4.86. The third-order valence-corrected chi connectivity index (χ3v) is 2.57. The lowest BCUT2D eigenvalue weighted by molar-refractivity contribution is -0.131. The highest BCUT2D eigenvalue weighted by molar-refractivity contribution is 6.42. The molecule has 0 saturated carbocycles. The van der Waals surface area contributed by atoms with Gasteiger partial charge in [0.25, 0.3) is 5.78 Å². The standard InChI is InChI=1S/C12H11NO3/c1-6-3-7(2)10-8(4-6)9(5-13-10)11(14)12(15)16/h3-5,13H,1-2H3,(H,15,16). The Balaban J connectivity index is 2.74. The summed E-state index contributed by atoms with van der Waals surface area (Å²) in [6.07, 6.45) is 1.45. The molecule has 0 radical (unpaired) electrons. The van der Waals surface area contributed by atoms with Crippen molar-refractivity contribution in [2.24, 2.45) is 0 Å². The first-order valence-electron chi connectivity index (χ1n) is 4.86. The molecule has 0 bridgehead atoms. The number of rotatable bonds is 2. The molecule has 0 unspecified atom stereocenters. The molecule has 2 rings (SSSR count). The van der Waals surface area contributed by atoms with Crippen molar-refractivity contribution in [1.82, 2.24) is 4.98 Å². The van der Waals surface area contributed by atoms with Crippen molar-refractivity contribution in [1.29, 1.82) is 0 Å². The van der Waals surface area contributed by atoms with Crippen molar-refractivity contribution in [3.63, 3.8) is 0 Å². The number of aromatic nitrogens is 1. The van der Waals surface area contributed by atoms with Crippen molar-refractivity contribution >= 4 is 22.7 Å².